The molecule has 3 rings (SSSR count). The summed E-state index contributed by atoms with van der Waals surface area (Å²) in [6.07, 6.45) is 0. The Hall–Kier alpha value is -1.35. The van der Waals surface area contributed by atoms with Crippen LogP contribution in [-0.2, 0) is 15.3 Å². The first-order chi connectivity index (χ1) is 9.48. The third-order valence-corrected chi connectivity index (χ3v) is 4.13. The van der Waals surface area contributed by atoms with Crippen molar-refractivity contribution < 1.29 is 9.47 Å². The molecule has 0 aromatic heterocycles. The second kappa shape index (κ2) is 4.59. The smallest absolute Gasteiger partial charge is 0.225 e. The minimum absolute atomic E-state index is 0.274. The summed E-state index contributed by atoms with van der Waals surface area (Å²) in [5, 5.41) is 0.747. The molecule has 0 unspecified atom stereocenters. The molecule has 0 saturated carbocycles. The summed E-state index contributed by atoms with van der Waals surface area (Å²) < 4.78 is 11.3. The van der Waals surface area contributed by atoms with E-state index in [0.717, 1.165) is 21.7 Å². The van der Waals surface area contributed by atoms with Crippen molar-refractivity contribution >= 4 is 11.6 Å². The van der Waals surface area contributed by atoms with E-state index in [-0.39, 0.29) is 5.60 Å². The highest BCUT2D eigenvalue weighted by Crippen LogP contribution is 2.55. The standard InChI is InChI=1S/C17H17ClO2/c1-16(2)17(19-3,20-16)14-8-4-12(5-9-14)13-6-10-15(18)11-7-13/h4-11H,1-3H3/t17-/m1/s1. The molecule has 104 valence electrons. The molecule has 3 heteroatoms. The van der Waals surface area contributed by atoms with Gasteiger partial charge < -0.3 is 9.47 Å². The highest BCUT2D eigenvalue weighted by atomic mass is 35.5. The van der Waals surface area contributed by atoms with Crippen molar-refractivity contribution in [2.75, 3.05) is 7.11 Å². The summed E-state index contributed by atoms with van der Waals surface area (Å²) in [6.45, 7) is 4.06. The van der Waals surface area contributed by atoms with Crippen molar-refractivity contribution in [1.29, 1.82) is 0 Å². The molecule has 20 heavy (non-hydrogen) atoms. The first-order valence-electron chi connectivity index (χ1n) is 6.60. The van der Waals surface area contributed by atoms with Gasteiger partial charge in [-0.15, -0.1) is 0 Å². The summed E-state index contributed by atoms with van der Waals surface area (Å²) in [4.78, 5) is 0. The summed E-state index contributed by atoms with van der Waals surface area (Å²) in [5.74, 6) is -0.606. The average molecular weight is 289 g/mol. The lowest BCUT2D eigenvalue weighted by molar-refractivity contribution is -0.0147. The fourth-order valence-electron chi connectivity index (χ4n) is 2.67. The molecule has 1 aliphatic heterocycles. The van der Waals surface area contributed by atoms with Crippen LogP contribution in [0.3, 0.4) is 0 Å². The van der Waals surface area contributed by atoms with Crippen LogP contribution in [0.15, 0.2) is 48.5 Å². The molecule has 0 amide bonds. The monoisotopic (exact) mass is 288 g/mol. The molecule has 0 aliphatic carbocycles. The number of ether oxygens (including phenoxy) is 2. The van der Waals surface area contributed by atoms with Gasteiger partial charge in [0.1, 0.15) is 5.60 Å². The van der Waals surface area contributed by atoms with Gasteiger partial charge in [0.2, 0.25) is 5.79 Å². The predicted molar refractivity (Wildman–Crippen MR) is 80.7 cm³/mol. The lowest BCUT2D eigenvalue weighted by Crippen LogP contribution is -2.20. The second-order valence-electron chi connectivity index (χ2n) is 5.52. The van der Waals surface area contributed by atoms with Gasteiger partial charge in [0.05, 0.1) is 0 Å². The van der Waals surface area contributed by atoms with Gasteiger partial charge in [-0.25, -0.2) is 0 Å². The van der Waals surface area contributed by atoms with Crippen molar-refractivity contribution in [1.82, 2.24) is 0 Å². The molecule has 1 fully saturated rings. The van der Waals surface area contributed by atoms with E-state index in [0.29, 0.717) is 0 Å². The molecule has 0 spiro atoms. The van der Waals surface area contributed by atoms with Gasteiger partial charge in [-0.1, -0.05) is 48.0 Å². The maximum absolute atomic E-state index is 5.91. The Labute approximate surface area is 124 Å². The van der Waals surface area contributed by atoms with Crippen LogP contribution in [0.25, 0.3) is 11.1 Å². The number of rotatable bonds is 3. The summed E-state index contributed by atoms with van der Waals surface area (Å²) >= 11 is 5.91. The van der Waals surface area contributed by atoms with E-state index < -0.39 is 5.79 Å². The minimum atomic E-state index is -0.606. The van der Waals surface area contributed by atoms with Crippen molar-refractivity contribution in [2.45, 2.75) is 25.2 Å². The van der Waals surface area contributed by atoms with Gasteiger partial charge in [0, 0.05) is 17.7 Å². The van der Waals surface area contributed by atoms with Gasteiger partial charge in [0.15, 0.2) is 0 Å². The van der Waals surface area contributed by atoms with E-state index in [1.807, 2.05) is 38.1 Å². The van der Waals surface area contributed by atoms with Crippen LogP contribution in [0.5, 0.6) is 0 Å². The third-order valence-electron chi connectivity index (χ3n) is 3.88. The maximum Gasteiger partial charge on any atom is 0.225 e. The number of hydrogen-bond acceptors (Lipinski definition) is 2. The molecule has 2 nitrogen and oxygen atoms in total. The Morgan fingerprint density at radius 1 is 0.900 bits per heavy atom. The van der Waals surface area contributed by atoms with E-state index in [4.69, 9.17) is 21.1 Å². The van der Waals surface area contributed by atoms with Crippen LogP contribution in [0.4, 0.5) is 0 Å². The van der Waals surface area contributed by atoms with Gasteiger partial charge in [0.25, 0.3) is 0 Å². The molecule has 0 radical (unpaired) electrons. The van der Waals surface area contributed by atoms with Crippen LogP contribution >= 0.6 is 11.6 Å². The molecule has 1 heterocycles. The van der Waals surface area contributed by atoms with E-state index in [1.165, 1.54) is 0 Å². The molecule has 1 aliphatic rings. The molecular formula is C17H17ClO2. The normalized spacial score (nSPS) is 23.6. The minimum Gasteiger partial charge on any atom is -0.347 e. The quantitative estimate of drug-likeness (QED) is 0.769. The van der Waals surface area contributed by atoms with E-state index >= 15 is 0 Å². The lowest BCUT2D eigenvalue weighted by Gasteiger charge is -2.14. The van der Waals surface area contributed by atoms with Crippen LogP contribution < -0.4 is 0 Å². The molecule has 2 aromatic rings. The zero-order chi connectivity index (χ0) is 14.4. The first-order valence-corrected chi connectivity index (χ1v) is 6.98. The Bertz CT molecular complexity index is 616. The Kier molecular flexibility index (Phi) is 3.13. The largest absolute Gasteiger partial charge is 0.347 e. The van der Waals surface area contributed by atoms with Gasteiger partial charge >= 0.3 is 0 Å². The van der Waals surface area contributed by atoms with E-state index in [2.05, 4.69) is 24.3 Å². The maximum atomic E-state index is 5.91. The van der Waals surface area contributed by atoms with Gasteiger partial charge in [-0.2, -0.15) is 0 Å². The molecule has 0 bridgehead atoms. The number of epoxide rings is 1. The predicted octanol–water partition coefficient (Wildman–Crippen LogP) is 4.62. The van der Waals surface area contributed by atoms with Crippen molar-refractivity contribution in [2.24, 2.45) is 0 Å². The van der Waals surface area contributed by atoms with E-state index in [1.54, 1.807) is 7.11 Å². The Morgan fingerprint density at radius 2 is 1.35 bits per heavy atom. The Balaban J connectivity index is 1.91. The molecular weight excluding hydrogens is 272 g/mol. The summed E-state index contributed by atoms with van der Waals surface area (Å²) in [6, 6.07) is 16.1. The topological polar surface area (TPSA) is 21.8 Å². The SMILES string of the molecule is CO[C@]1(c2ccc(-c3ccc(Cl)cc3)cc2)OC1(C)C. The van der Waals surface area contributed by atoms with Crippen LogP contribution in [0.1, 0.15) is 19.4 Å². The number of methoxy groups -OCH3 is 1. The van der Waals surface area contributed by atoms with Crippen LogP contribution in [0, 0.1) is 0 Å². The van der Waals surface area contributed by atoms with Crippen LogP contribution in [-0.4, -0.2) is 12.7 Å². The number of hydrogen-bond donors (Lipinski definition) is 0. The molecule has 1 atom stereocenters. The summed E-state index contributed by atoms with van der Waals surface area (Å²) in [5.41, 5.74) is 3.06. The zero-order valence-electron chi connectivity index (χ0n) is 11.8. The van der Waals surface area contributed by atoms with Crippen molar-refractivity contribution in [3.8, 4) is 11.1 Å². The van der Waals surface area contributed by atoms with Crippen molar-refractivity contribution in [3.05, 3.63) is 59.1 Å². The zero-order valence-corrected chi connectivity index (χ0v) is 12.6. The molecule has 0 N–H and O–H groups in total. The second-order valence-corrected chi connectivity index (χ2v) is 5.95. The van der Waals surface area contributed by atoms with Gasteiger partial charge in [-0.05, 0) is 37.1 Å². The number of benzene rings is 2. The highest BCUT2D eigenvalue weighted by Gasteiger charge is 2.66. The van der Waals surface area contributed by atoms with Crippen LogP contribution in [0.2, 0.25) is 5.02 Å². The highest BCUT2D eigenvalue weighted by molar-refractivity contribution is 6.30. The first kappa shape index (κ1) is 13.6. The van der Waals surface area contributed by atoms with Crippen molar-refractivity contribution in [3.63, 3.8) is 0 Å². The van der Waals surface area contributed by atoms with E-state index in [9.17, 15) is 0 Å². The average Bonchev–Trinajstić information content (AvgIpc) is 3.03. The third kappa shape index (κ3) is 2.05. The molecule has 1 saturated heterocycles. The summed E-state index contributed by atoms with van der Waals surface area (Å²) in [7, 11) is 1.68. The van der Waals surface area contributed by atoms with Gasteiger partial charge in [-0.3, -0.25) is 0 Å². The number of halogens is 1. The fraction of sp³-hybridized carbons (Fsp3) is 0.294. The Morgan fingerprint density at radius 3 is 1.75 bits per heavy atom. The fourth-order valence-corrected chi connectivity index (χ4v) is 2.80. The lowest BCUT2D eigenvalue weighted by atomic mass is 9.96. The molecule has 2 aromatic carbocycles.